The van der Waals surface area contributed by atoms with E-state index in [2.05, 4.69) is 11.5 Å². The molecule has 2 heterocycles. The van der Waals surface area contributed by atoms with Gasteiger partial charge < -0.3 is 18.8 Å². The molecule has 1 aromatic heterocycles. The minimum Gasteiger partial charge on any atom is -0.497 e. The minimum atomic E-state index is -0.422. The highest BCUT2D eigenvalue weighted by molar-refractivity contribution is 6.15. The Morgan fingerprint density at radius 3 is 2.72 bits per heavy atom. The first-order valence-electron chi connectivity index (χ1n) is 9.36. The summed E-state index contributed by atoms with van der Waals surface area (Å²) in [5.74, 6) is 1.18. The van der Waals surface area contributed by atoms with E-state index in [0.29, 0.717) is 22.6 Å². The highest BCUT2D eigenvalue weighted by atomic mass is 16.5. The zero-order valence-corrected chi connectivity index (χ0v) is 16.7. The van der Waals surface area contributed by atoms with Crippen molar-refractivity contribution < 1.29 is 23.8 Å². The molecule has 0 aliphatic carbocycles. The molecule has 4 rings (SSSR count). The van der Waals surface area contributed by atoms with Gasteiger partial charge in [-0.1, -0.05) is 0 Å². The Morgan fingerprint density at radius 1 is 1.24 bits per heavy atom. The Bertz CT molecular complexity index is 1190. The molecule has 0 N–H and O–H groups in total. The number of esters is 1. The smallest absolute Gasteiger partial charge is 0.308 e. The Hall–Kier alpha value is -3.54. The summed E-state index contributed by atoms with van der Waals surface area (Å²) < 4.78 is 18.6. The molecule has 3 aromatic rings. The lowest BCUT2D eigenvalue weighted by Crippen LogP contribution is -2.03. The lowest BCUT2D eigenvalue weighted by atomic mass is 10.1. The van der Waals surface area contributed by atoms with Gasteiger partial charge in [0.2, 0.25) is 5.78 Å². The van der Waals surface area contributed by atoms with E-state index in [1.165, 1.54) is 6.92 Å². The van der Waals surface area contributed by atoms with Crippen molar-refractivity contribution in [3.8, 4) is 17.2 Å². The van der Waals surface area contributed by atoms with Crippen molar-refractivity contribution in [3.63, 3.8) is 0 Å². The molecule has 0 fully saturated rings. The molecule has 0 atom stereocenters. The molecule has 0 saturated heterocycles. The van der Waals surface area contributed by atoms with Gasteiger partial charge in [0.15, 0.2) is 5.76 Å². The van der Waals surface area contributed by atoms with Gasteiger partial charge in [0.25, 0.3) is 0 Å². The largest absolute Gasteiger partial charge is 0.497 e. The van der Waals surface area contributed by atoms with Crippen molar-refractivity contribution in [2.24, 2.45) is 0 Å². The van der Waals surface area contributed by atoms with Gasteiger partial charge in [0, 0.05) is 41.7 Å². The number of carbonyl (C=O) groups is 2. The van der Waals surface area contributed by atoms with Crippen LogP contribution in [0.1, 0.15) is 35.3 Å². The van der Waals surface area contributed by atoms with Crippen molar-refractivity contribution >= 4 is 28.7 Å². The Kier molecular flexibility index (Phi) is 4.62. The van der Waals surface area contributed by atoms with Gasteiger partial charge in [-0.3, -0.25) is 9.59 Å². The zero-order chi connectivity index (χ0) is 20.7. The summed E-state index contributed by atoms with van der Waals surface area (Å²) >= 11 is 0. The number of methoxy groups -OCH3 is 1. The number of hydrogen-bond acceptors (Lipinski definition) is 5. The fraction of sp³-hybridized carbons (Fsp3) is 0.217. The molecule has 0 radical (unpaired) electrons. The van der Waals surface area contributed by atoms with E-state index in [1.807, 2.05) is 24.4 Å². The number of nitrogens with zero attached hydrogens (tertiary/aromatic N) is 1. The normalized spacial score (nSPS) is 14.2. The van der Waals surface area contributed by atoms with Crippen LogP contribution in [0.2, 0.25) is 0 Å². The number of fused-ring (bicyclic) bond motifs is 2. The first-order chi connectivity index (χ1) is 13.9. The number of hydrogen-bond donors (Lipinski definition) is 0. The Balaban J connectivity index is 1.79. The van der Waals surface area contributed by atoms with Crippen LogP contribution in [0.15, 0.2) is 42.3 Å². The van der Waals surface area contributed by atoms with Gasteiger partial charge in [-0.2, -0.15) is 0 Å². The SMILES string of the molecule is CCn1cc(C=C2Oc3c(ccc(OC(C)=O)c3C)C2=O)c2cc(OC)ccc21. The molecule has 0 saturated carbocycles. The summed E-state index contributed by atoms with van der Waals surface area (Å²) in [6.45, 7) is 5.96. The van der Waals surface area contributed by atoms with E-state index in [1.54, 1.807) is 32.2 Å². The van der Waals surface area contributed by atoms with Crippen molar-refractivity contribution in [2.45, 2.75) is 27.3 Å². The third-order valence-electron chi connectivity index (χ3n) is 5.04. The molecule has 6 nitrogen and oxygen atoms in total. The van der Waals surface area contributed by atoms with E-state index < -0.39 is 5.97 Å². The number of benzene rings is 2. The molecular formula is C23H21NO5. The fourth-order valence-electron chi connectivity index (χ4n) is 3.58. The predicted molar refractivity (Wildman–Crippen MR) is 110 cm³/mol. The molecule has 0 bridgehead atoms. The maximum Gasteiger partial charge on any atom is 0.308 e. The molecule has 6 heteroatoms. The summed E-state index contributed by atoms with van der Waals surface area (Å²) in [4.78, 5) is 24.2. The summed E-state index contributed by atoms with van der Waals surface area (Å²) in [7, 11) is 1.62. The maximum absolute atomic E-state index is 12.9. The lowest BCUT2D eigenvalue weighted by molar-refractivity contribution is -0.131. The van der Waals surface area contributed by atoms with Crippen LogP contribution in [0, 0.1) is 6.92 Å². The van der Waals surface area contributed by atoms with E-state index in [9.17, 15) is 9.59 Å². The van der Waals surface area contributed by atoms with E-state index in [-0.39, 0.29) is 11.5 Å². The van der Waals surface area contributed by atoms with Crippen LogP contribution in [-0.4, -0.2) is 23.4 Å². The fourth-order valence-corrected chi connectivity index (χ4v) is 3.58. The summed E-state index contributed by atoms with van der Waals surface area (Å²) in [5.41, 5.74) is 3.00. The summed E-state index contributed by atoms with van der Waals surface area (Å²) in [6, 6.07) is 9.11. The Labute approximate surface area is 168 Å². The second kappa shape index (κ2) is 7.13. The molecule has 2 aromatic carbocycles. The van der Waals surface area contributed by atoms with Crippen molar-refractivity contribution in [1.29, 1.82) is 0 Å². The van der Waals surface area contributed by atoms with Crippen LogP contribution in [-0.2, 0) is 11.3 Å². The van der Waals surface area contributed by atoms with Crippen molar-refractivity contribution in [1.82, 2.24) is 4.57 Å². The zero-order valence-electron chi connectivity index (χ0n) is 16.7. The van der Waals surface area contributed by atoms with Gasteiger partial charge in [-0.15, -0.1) is 0 Å². The number of aryl methyl sites for hydroxylation is 1. The number of ether oxygens (including phenoxy) is 3. The quantitative estimate of drug-likeness (QED) is 0.372. The summed E-state index contributed by atoms with van der Waals surface area (Å²) in [6.07, 6.45) is 3.75. The second-order valence-corrected chi connectivity index (χ2v) is 6.85. The topological polar surface area (TPSA) is 66.8 Å². The van der Waals surface area contributed by atoms with Gasteiger partial charge in [0.05, 0.1) is 12.7 Å². The van der Waals surface area contributed by atoms with Crippen molar-refractivity contribution in [3.05, 3.63) is 59.0 Å². The number of Topliss-reactive ketones (excluding diaryl/α,β-unsaturated/α-hetero) is 1. The first kappa shape index (κ1) is 18.8. The van der Waals surface area contributed by atoms with Crippen LogP contribution in [0.4, 0.5) is 0 Å². The molecule has 148 valence electrons. The van der Waals surface area contributed by atoms with Gasteiger partial charge in [-0.05, 0) is 50.3 Å². The molecular weight excluding hydrogens is 370 g/mol. The third kappa shape index (κ3) is 3.16. The van der Waals surface area contributed by atoms with Crippen LogP contribution >= 0.6 is 0 Å². The molecule has 0 unspecified atom stereocenters. The highest BCUT2D eigenvalue weighted by Gasteiger charge is 2.30. The summed E-state index contributed by atoms with van der Waals surface area (Å²) in [5, 5.41) is 0.975. The average Bonchev–Trinajstić information content (AvgIpc) is 3.22. The standard InChI is InChI=1S/C23H21NO5/c1-5-24-12-15(18-11-16(27-4)6-8-19(18)24)10-21-22(26)17-7-9-20(28-14(3)25)13(2)23(17)29-21/h6-12H,5H2,1-4H3. The van der Waals surface area contributed by atoms with Crippen LogP contribution in [0.5, 0.6) is 17.2 Å². The molecule has 1 aliphatic rings. The van der Waals surface area contributed by atoms with Gasteiger partial charge >= 0.3 is 5.97 Å². The number of carbonyl (C=O) groups excluding carboxylic acids is 2. The van der Waals surface area contributed by atoms with E-state index >= 15 is 0 Å². The monoisotopic (exact) mass is 391 g/mol. The van der Waals surface area contributed by atoms with Gasteiger partial charge in [0.1, 0.15) is 17.2 Å². The second-order valence-electron chi connectivity index (χ2n) is 6.85. The van der Waals surface area contributed by atoms with Crippen LogP contribution in [0.3, 0.4) is 0 Å². The van der Waals surface area contributed by atoms with Gasteiger partial charge in [-0.25, -0.2) is 0 Å². The number of rotatable bonds is 4. The molecule has 0 spiro atoms. The van der Waals surface area contributed by atoms with E-state index in [0.717, 1.165) is 28.8 Å². The molecule has 29 heavy (non-hydrogen) atoms. The lowest BCUT2D eigenvalue weighted by Gasteiger charge is -2.08. The Morgan fingerprint density at radius 2 is 2.03 bits per heavy atom. The van der Waals surface area contributed by atoms with Crippen molar-refractivity contribution in [2.75, 3.05) is 7.11 Å². The first-order valence-corrected chi connectivity index (χ1v) is 9.36. The number of ketones is 1. The van der Waals surface area contributed by atoms with Crippen LogP contribution < -0.4 is 14.2 Å². The maximum atomic E-state index is 12.9. The number of aromatic nitrogens is 1. The highest BCUT2D eigenvalue weighted by Crippen LogP contribution is 2.40. The van der Waals surface area contributed by atoms with E-state index in [4.69, 9.17) is 14.2 Å². The van der Waals surface area contributed by atoms with Crippen LogP contribution in [0.25, 0.3) is 17.0 Å². The molecule has 0 amide bonds. The predicted octanol–water partition coefficient (Wildman–Crippen LogP) is 4.52. The third-order valence-corrected chi connectivity index (χ3v) is 5.04. The minimum absolute atomic E-state index is 0.197. The number of allylic oxidation sites excluding steroid dienone is 1. The molecule has 1 aliphatic heterocycles. The average molecular weight is 391 g/mol.